The Kier molecular flexibility index (Phi) is 6.12. The normalized spacial score (nSPS) is 15.7. The van der Waals surface area contributed by atoms with Crippen molar-refractivity contribution in [1.29, 1.82) is 0 Å². The molecule has 3 aromatic carbocycles. The molecular formula is C26H25FN2O2. The summed E-state index contributed by atoms with van der Waals surface area (Å²) in [6.07, 6.45) is 1.82. The maximum Gasteiger partial charge on any atom is 0.244 e. The number of hydrogen-bond donors (Lipinski definition) is 1. The lowest BCUT2D eigenvalue weighted by molar-refractivity contribution is -0.136. The molecule has 0 bridgehead atoms. The van der Waals surface area contributed by atoms with Crippen LogP contribution in [0, 0.1) is 12.7 Å². The summed E-state index contributed by atoms with van der Waals surface area (Å²) in [4.78, 5) is 27.5. The van der Waals surface area contributed by atoms with Crippen molar-refractivity contribution in [3.8, 4) is 0 Å². The van der Waals surface area contributed by atoms with Gasteiger partial charge in [-0.1, -0.05) is 60.2 Å². The molecule has 0 fully saturated rings. The molecule has 1 aliphatic rings. The van der Waals surface area contributed by atoms with E-state index in [0.717, 1.165) is 23.1 Å². The van der Waals surface area contributed by atoms with Crippen molar-refractivity contribution < 1.29 is 14.0 Å². The molecule has 0 spiro atoms. The summed E-state index contributed by atoms with van der Waals surface area (Å²) in [7, 11) is 0. The van der Waals surface area contributed by atoms with Crippen molar-refractivity contribution in [1.82, 2.24) is 4.90 Å². The molecule has 3 aromatic rings. The van der Waals surface area contributed by atoms with Crippen molar-refractivity contribution >= 4 is 17.5 Å². The molecule has 0 radical (unpaired) electrons. The first-order valence-electron chi connectivity index (χ1n) is 10.5. The third kappa shape index (κ3) is 4.82. The summed E-state index contributed by atoms with van der Waals surface area (Å²) in [5, 5.41) is 2.92. The van der Waals surface area contributed by atoms with Crippen LogP contribution in [-0.4, -0.2) is 23.3 Å². The minimum atomic E-state index is -0.460. The van der Waals surface area contributed by atoms with Crippen LogP contribution in [0.15, 0.2) is 72.8 Å². The number of carbonyl (C=O) groups excluding carboxylic acids is 2. The first kappa shape index (κ1) is 20.8. The number of benzene rings is 3. The standard InChI is InChI=1S/C26H25FN2O2/c1-18-10-15-23-22(16-18)26(20-11-13-21(27)14-12-20)29(17-24(30)28-23)25(31)9-5-8-19-6-3-2-4-7-19/h2-4,6-7,10-16,26H,5,8-9,17H2,1H3,(H,28,30)/t26-/m0/s1. The molecule has 0 aromatic heterocycles. The summed E-state index contributed by atoms with van der Waals surface area (Å²) < 4.78 is 13.6. The highest BCUT2D eigenvalue weighted by Gasteiger charge is 2.33. The Labute approximate surface area is 181 Å². The predicted octanol–water partition coefficient (Wildman–Crippen LogP) is 5.03. The number of fused-ring (bicyclic) bond motifs is 1. The number of carbonyl (C=O) groups is 2. The van der Waals surface area contributed by atoms with Crippen molar-refractivity contribution in [2.75, 3.05) is 11.9 Å². The van der Waals surface area contributed by atoms with Gasteiger partial charge in [0, 0.05) is 17.7 Å². The summed E-state index contributed by atoms with van der Waals surface area (Å²) >= 11 is 0. The number of aryl methyl sites for hydroxylation is 2. The second kappa shape index (κ2) is 9.13. The minimum absolute atomic E-state index is 0.0417. The van der Waals surface area contributed by atoms with E-state index in [1.54, 1.807) is 17.0 Å². The van der Waals surface area contributed by atoms with Crippen LogP contribution in [0.5, 0.6) is 0 Å². The predicted molar refractivity (Wildman–Crippen MR) is 119 cm³/mol. The van der Waals surface area contributed by atoms with E-state index >= 15 is 0 Å². The van der Waals surface area contributed by atoms with Crippen LogP contribution >= 0.6 is 0 Å². The zero-order valence-corrected chi connectivity index (χ0v) is 17.5. The van der Waals surface area contributed by atoms with Crippen LogP contribution < -0.4 is 5.32 Å². The summed E-state index contributed by atoms with van der Waals surface area (Å²) in [6.45, 7) is 1.93. The van der Waals surface area contributed by atoms with Gasteiger partial charge in [-0.3, -0.25) is 9.59 Å². The molecular weight excluding hydrogens is 391 g/mol. The fourth-order valence-corrected chi connectivity index (χ4v) is 4.09. The van der Waals surface area contributed by atoms with Gasteiger partial charge in [0.25, 0.3) is 0 Å². The van der Waals surface area contributed by atoms with Gasteiger partial charge in [-0.05, 0) is 49.1 Å². The zero-order chi connectivity index (χ0) is 21.8. The quantitative estimate of drug-likeness (QED) is 0.634. The Bertz CT molecular complexity index is 1080. The van der Waals surface area contributed by atoms with Gasteiger partial charge < -0.3 is 10.2 Å². The summed E-state index contributed by atoms with van der Waals surface area (Å²) in [5.74, 6) is -0.655. The Morgan fingerprint density at radius 3 is 2.55 bits per heavy atom. The van der Waals surface area contributed by atoms with Gasteiger partial charge in [-0.2, -0.15) is 0 Å². The number of hydrogen-bond acceptors (Lipinski definition) is 2. The maximum atomic E-state index is 13.6. The monoisotopic (exact) mass is 416 g/mol. The second-order valence-electron chi connectivity index (χ2n) is 7.95. The van der Waals surface area contributed by atoms with Crippen molar-refractivity contribution in [2.45, 2.75) is 32.2 Å². The Balaban J connectivity index is 1.65. The third-order valence-corrected chi connectivity index (χ3v) is 5.61. The molecule has 4 rings (SSSR count). The molecule has 4 nitrogen and oxygen atoms in total. The molecule has 31 heavy (non-hydrogen) atoms. The molecule has 0 unspecified atom stereocenters. The highest BCUT2D eigenvalue weighted by molar-refractivity contribution is 5.97. The molecule has 1 heterocycles. The molecule has 0 aliphatic carbocycles. The smallest absolute Gasteiger partial charge is 0.244 e. The molecule has 1 N–H and O–H groups in total. The molecule has 1 aliphatic heterocycles. The molecule has 0 saturated heterocycles. The third-order valence-electron chi connectivity index (χ3n) is 5.61. The van der Waals surface area contributed by atoms with E-state index < -0.39 is 6.04 Å². The summed E-state index contributed by atoms with van der Waals surface area (Å²) in [5.41, 5.74) is 4.51. The van der Waals surface area contributed by atoms with E-state index in [1.807, 2.05) is 55.5 Å². The van der Waals surface area contributed by atoms with Crippen LogP contribution in [0.25, 0.3) is 0 Å². The molecule has 0 saturated carbocycles. The van der Waals surface area contributed by atoms with Gasteiger partial charge in [0.1, 0.15) is 12.4 Å². The van der Waals surface area contributed by atoms with E-state index in [1.165, 1.54) is 17.7 Å². The second-order valence-corrected chi connectivity index (χ2v) is 7.95. The van der Waals surface area contributed by atoms with E-state index in [9.17, 15) is 14.0 Å². The van der Waals surface area contributed by atoms with Crippen molar-refractivity contribution in [3.05, 3.63) is 101 Å². The molecule has 2 amide bonds. The Morgan fingerprint density at radius 2 is 1.81 bits per heavy atom. The maximum absolute atomic E-state index is 13.6. The number of halogens is 1. The number of rotatable bonds is 5. The van der Waals surface area contributed by atoms with E-state index in [-0.39, 0.29) is 24.2 Å². The lowest BCUT2D eigenvalue weighted by Crippen LogP contribution is -2.38. The van der Waals surface area contributed by atoms with Gasteiger partial charge in [-0.25, -0.2) is 4.39 Å². The number of anilines is 1. The van der Waals surface area contributed by atoms with Gasteiger partial charge in [0.15, 0.2) is 0 Å². The topological polar surface area (TPSA) is 49.4 Å². The molecule has 5 heteroatoms. The number of nitrogens with one attached hydrogen (secondary N) is 1. The van der Waals surface area contributed by atoms with Crippen LogP contribution in [0.3, 0.4) is 0 Å². The average molecular weight is 416 g/mol. The highest BCUT2D eigenvalue weighted by Crippen LogP contribution is 2.36. The van der Waals surface area contributed by atoms with Crippen molar-refractivity contribution in [3.63, 3.8) is 0 Å². The van der Waals surface area contributed by atoms with Gasteiger partial charge in [0.05, 0.1) is 6.04 Å². The van der Waals surface area contributed by atoms with Crippen LogP contribution in [0.2, 0.25) is 0 Å². The van der Waals surface area contributed by atoms with Gasteiger partial charge in [0.2, 0.25) is 11.8 Å². The van der Waals surface area contributed by atoms with Gasteiger partial charge in [-0.15, -0.1) is 0 Å². The van der Waals surface area contributed by atoms with Crippen molar-refractivity contribution in [2.24, 2.45) is 0 Å². The van der Waals surface area contributed by atoms with E-state index in [4.69, 9.17) is 0 Å². The van der Waals surface area contributed by atoms with Crippen LogP contribution in [0.4, 0.5) is 10.1 Å². The Hall–Kier alpha value is -3.47. The lowest BCUT2D eigenvalue weighted by Gasteiger charge is -2.31. The first-order chi connectivity index (χ1) is 15.0. The van der Waals surface area contributed by atoms with Gasteiger partial charge >= 0.3 is 0 Å². The van der Waals surface area contributed by atoms with Crippen LogP contribution in [-0.2, 0) is 16.0 Å². The zero-order valence-electron chi connectivity index (χ0n) is 17.5. The fraction of sp³-hybridized carbons (Fsp3) is 0.231. The van der Waals surface area contributed by atoms with E-state index in [2.05, 4.69) is 5.32 Å². The number of nitrogens with zero attached hydrogens (tertiary/aromatic N) is 1. The SMILES string of the molecule is Cc1ccc2c(c1)[C@H](c1ccc(F)cc1)N(C(=O)CCCc1ccccc1)CC(=O)N2. The highest BCUT2D eigenvalue weighted by atomic mass is 19.1. The minimum Gasteiger partial charge on any atom is -0.324 e. The first-order valence-corrected chi connectivity index (χ1v) is 10.5. The fourth-order valence-electron chi connectivity index (χ4n) is 4.09. The molecule has 1 atom stereocenters. The van der Waals surface area contributed by atoms with Crippen LogP contribution in [0.1, 0.15) is 41.1 Å². The van der Waals surface area contributed by atoms with E-state index in [0.29, 0.717) is 18.5 Å². The molecule has 158 valence electrons. The number of amides is 2. The Morgan fingerprint density at radius 1 is 1.06 bits per heavy atom. The largest absolute Gasteiger partial charge is 0.324 e. The average Bonchev–Trinajstić information content (AvgIpc) is 2.91. The summed E-state index contributed by atoms with van der Waals surface area (Å²) in [6, 6.07) is 21.5. The lowest BCUT2D eigenvalue weighted by atomic mass is 9.94.